The van der Waals surface area contributed by atoms with Crippen molar-refractivity contribution in [3.05, 3.63) is 127 Å². The van der Waals surface area contributed by atoms with Crippen molar-refractivity contribution in [2.24, 2.45) is 0 Å². The molecule has 0 heterocycles. The first-order valence-corrected chi connectivity index (χ1v) is 10.4. The lowest BCUT2D eigenvalue weighted by Crippen LogP contribution is -2.09. The topological polar surface area (TPSA) is 20.3 Å². The lowest BCUT2D eigenvalue weighted by molar-refractivity contribution is -0.114. The van der Waals surface area contributed by atoms with Gasteiger partial charge < -0.3 is 4.90 Å². The molecule has 0 fully saturated rings. The molecule has 4 rings (SSSR count). The third-order valence-electron chi connectivity index (χ3n) is 5.29. The molecule has 0 bridgehead atoms. The molecule has 4 aromatic rings. The number of anilines is 3. The Bertz CT molecular complexity index is 1180. The standard InChI is InChI=1S/C29H25NO/c1-3-29(31)21-23-12-14-24(15-13-23)25-16-18-27(19-17-25)30(26-9-5-4-6-10-26)28-11-7-8-22(2)20-28/h3-20H,1,21H2,2H3. The van der Waals surface area contributed by atoms with Gasteiger partial charge in [0, 0.05) is 23.5 Å². The SMILES string of the molecule is C=CC(=O)Cc1ccc(-c2ccc(N(c3ccccc3)c3cccc(C)c3)cc2)cc1. The van der Waals surface area contributed by atoms with Crippen LogP contribution < -0.4 is 4.90 Å². The first-order valence-electron chi connectivity index (χ1n) is 10.4. The summed E-state index contributed by atoms with van der Waals surface area (Å²) in [7, 11) is 0. The van der Waals surface area contributed by atoms with Crippen molar-refractivity contribution in [1.29, 1.82) is 0 Å². The lowest BCUT2D eigenvalue weighted by atomic mass is 10.0. The van der Waals surface area contributed by atoms with Crippen LogP contribution in [0.15, 0.2) is 116 Å². The highest BCUT2D eigenvalue weighted by atomic mass is 16.1. The summed E-state index contributed by atoms with van der Waals surface area (Å²) in [6.45, 7) is 5.65. The summed E-state index contributed by atoms with van der Waals surface area (Å²) >= 11 is 0. The van der Waals surface area contributed by atoms with E-state index in [1.165, 1.54) is 11.6 Å². The van der Waals surface area contributed by atoms with Crippen LogP contribution in [-0.4, -0.2) is 5.78 Å². The van der Waals surface area contributed by atoms with E-state index in [9.17, 15) is 4.79 Å². The van der Waals surface area contributed by atoms with Crippen LogP contribution in [0.4, 0.5) is 17.1 Å². The van der Waals surface area contributed by atoms with E-state index < -0.39 is 0 Å². The van der Waals surface area contributed by atoms with Gasteiger partial charge in [0.15, 0.2) is 5.78 Å². The minimum Gasteiger partial charge on any atom is -0.310 e. The molecule has 2 nitrogen and oxygen atoms in total. The molecule has 2 heteroatoms. The Morgan fingerprint density at radius 3 is 1.94 bits per heavy atom. The lowest BCUT2D eigenvalue weighted by Gasteiger charge is -2.26. The normalized spacial score (nSPS) is 10.5. The van der Waals surface area contributed by atoms with Gasteiger partial charge in [-0.15, -0.1) is 0 Å². The van der Waals surface area contributed by atoms with Crippen LogP contribution in [0, 0.1) is 6.92 Å². The molecule has 0 aromatic heterocycles. The number of carbonyl (C=O) groups is 1. The number of rotatable bonds is 7. The minimum absolute atomic E-state index is 0.0363. The number of hydrogen-bond acceptors (Lipinski definition) is 2. The van der Waals surface area contributed by atoms with Crippen LogP contribution >= 0.6 is 0 Å². The monoisotopic (exact) mass is 403 g/mol. The van der Waals surface area contributed by atoms with Crippen molar-refractivity contribution in [1.82, 2.24) is 0 Å². The molecular weight excluding hydrogens is 378 g/mol. The van der Waals surface area contributed by atoms with Gasteiger partial charge in [-0.2, -0.15) is 0 Å². The van der Waals surface area contributed by atoms with Crippen molar-refractivity contribution in [2.45, 2.75) is 13.3 Å². The number of nitrogens with zero attached hydrogens (tertiary/aromatic N) is 1. The molecule has 0 radical (unpaired) electrons. The number of ketones is 1. The second-order valence-corrected chi connectivity index (χ2v) is 7.60. The third kappa shape index (κ3) is 4.81. The fraction of sp³-hybridized carbons (Fsp3) is 0.0690. The highest BCUT2D eigenvalue weighted by Crippen LogP contribution is 2.35. The number of hydrogen-bond donors (Lipinski definition) is 0. The fourth-order valence-electron chi connectivity index (χ4n) is 3.68. The fourth-order valence-corrected chi connectivity index (χ4v) is 3.68. The summed E-state index contributed by atoms with van der Waals surface area (Å²) < 4.78 is 0. The predicted molar refractivity (Wildman–Crippen MR) is 130 cm³/mol. The summed E-state index contributed by atoms with van der Waals surface area (Å²) in [6, 6.07) is 35.7. The smallest absolute Gasteiger partial charge is 0.159 e. The highest BCUT2D eigenvalue weighted by Gasteiger charge is 2.12. The molecule has 0 saturated carbocycles. The molecule has 0 N–H and O–H groups in total. The average molecular weight is 404 g/mol. The predicted octanol–water partition coefficient (Wildman–Crippen LogP) is 7.43. The summed E-state index contributed by atoms with van der Waals surface area (Å²) in [5.74, 6) is 0.0363. The molecule has 0 spiro atoms. The van der Waals surface area contributed by atoms with Crippen LogP contribution in [0.3, 0.4) is 0 Å². The molecule has 0 atom stereocenters. The Hall–Kier alpha value is -3.91. The van der Waals surface area contributed by atoms with Crippen LogP contribution in [0.2, 0.25) is 0 Å². The summed E-state index contributed by atoms with van der Waals surface area (Å²) in [5.41, 5.74) is 7.86. The van der Waals surface area contributed by atoms with E-state index in [0.29, 0.717) is 6.42 Å². The maximum Gasteiger partial charge on any atom is 0.159 e. The molecule has 4 aromatic carbocycles. The quantitative estimate of drug-likeness (QED) is 0.299. The molecule has 152 valence electrons. The van der Waals surface area contributed by atoms with E-state index in [-0.39, 0.29) is 5.78 Å². The molecule has 31 heavy (non-hydrogen) atoms. The molecule has 0 unspecified atom stereocenters. The van der Waals surface area contributed by atoms with Crippen molar-refractivity contribution in [2.75, 3.05) is 4.90 Å². The highest BCUT2D eigenvalue weighted by molar-refractivity contribution is 5.91. The summed E-state index contributed by atoms with van der Waals surface area (Å²) in [6.07, 6.45) is 1.77. The van der Waals surface area contributed by atoms with E-state index in [4.69, 9.17) is 0 Å². The number of para-hydroxylation sites is 1. The summed E-state index contributed by atoms with van der Waals surface area (Å²) in [4.78, 5) is 13.8. The number of carbonyl (C=O) groups excluding carboxylic acids is 1. The largest absolute Gasteiger partial charge is 0.310 e. The second kappa shape index (κ2) is 9.27. The van der Waals surface area contributed by atoms with Gasteiger partial charge >= 0.3 is 0 Å². The van der Waals surface area contributed by atoms with Gasteiger partial charge in [0.25, 0.3) is 0 Å². The van der Waals surface area contributed by atoms with Crippen LogP contribution in [0.5, 0.6) is 0 Å². The zero-order valence-electron chi connectivity index (χ0n) is 17.7. The van der Waals surface area contributed by atoms with Gasteiger partial charge in [0.1, 0.15) is 0 Å². The van der Waals surface area contributed by atoms with Crippen molar-refractivity contribution >= 4 is 22.8 Å². The first-order chi connectivity index (χ1) is 15.1. The van der Waals surface area contributed by atoms with E-state index >= 15 is 0 Å². The van der Waals surface area contributed by atoms with Gasteiger partial charge in [0.05, 0.1) is 0 Å². The molecule has 0 aliphatic heterocycles. The van der Waals surface area contributed by atoms with E-state index in [1.807, 2.05) is 18.2 Å². The van der Waals surface area contributed by atoms with Crippen molar-refractivity contribution in [3.8, 4) is 11.1 Å². The van der Waals surface area contributed by atoms with Gasteiger partial charge in [-0.05, 0) is 71.7 Å². The third-order valence-corrected chi connectivity index (χ3v) is 5.29. The van der Waals surface area contributed by atoms with E-state index in [1.54, 1.807) is 0 Å². The zero-order chi connectivity index (χ0) is 21.6. The van der Waals surface area contributed by atoms with Crippen LogP contribution in [0.25, 0.3) is 11.1 Å². The maximum absolute atomic E-state index is 11.6. The molecule has 0 saturated heterocycles. The first kappa shape index (κ1) is 20.4. The second-order valence-electron chi connectivity index (χ2n) is 7.60. The molecule has 0 aliphatic rings. The number of benzene rings is 4. The Kier molecular flexibility index (Phi) is 6.09. The Morgan fingerprint density at radius 2 is 1.32 bits per heavy atom. The van der Waals surface area contributed by atoms with E-state index in [0.717, 1.165) is 33.8 Å². The van der Waals surface area contributed by atoms with Gasteiger partial charge in [-0.3, -0.25) is 4.79 Å². The van der Waals surface area contributed by atoms with Crippen LogP contribution in [-0.2, 0) is 11.2 Å². The van der Waals surface area contributed by atoms with Gasteiger partial charge in [-0.25, -0.2) is 0 Å². The van der Waals surface area contributed by atoms with Crippen molar-refractivity contribution in [3.63, 3.8) is 0 Å². The van der Waals surface area contributed by atoms with Crippen LogP contribution in [0.1, 0.15) is 11.1 Å². The van der Waals surface area contributed by atoms with Crippen molar-refractivity contribution < 1.29 is 4.79 Å². The Labute approximate surface area is 184 Å². The Morgan fingerprint density at radius 1 is 0.742 bits per heavy atom. The zero-order valence-corrected chi connectivity index (χ0v) is 17.7. The van der Waals surface area contributed by atoms with E-state index in [2.05, 4.69) is 103 Å². The molecule has 0 amide bonds. The maximum atomic E-state index is 11.6. The summed E-state index contributed by atoms with van der Waals surface area (Å²) in [5, 5.41) is 0. The molecule has 0 aliphatic carbocycles. The Balaban J connectivity index is 1.64. The van der Waals surface area contributed by atoms with Gasteiger partial charge in [0.2, 0.25) is 0 Å². The average Bonchev–Trinajstić information content (AvgIpc) is 2.81. The molecular formula is C29H25NO. The minimum atomic E-state index is 0.0363. The number of allylic oxidation sites excluding steroid dienone is 1. The van der Waals surface area contributed by atoms with Gasteiger partial charge in [-0.1, -0.05) is 73.3 Å². The number of aryl methyl sites for hydroxylation is 1.